The van der Waals surface area contributed by atoms with Crippen LogP contribution >= 0.6 is 0 Å². The standard InChI is InChI=1S/C27H29N5O3S/c1-17(18(2)21-6-5-7-22-23(27(33)28-3)12-13-29-26(21)22)15-30-25-14-24(31-16-32-25)19-8-10-20(11-9-19)36(4,34)35/h5-14,16-18H,15H2,1-4H3,(H,28,33)(H,30,31,32)/t17-,18?/m1/s1. The number of pyridine rings is 1. The highest BCUT2D eigenvalue weighted by molar-refractivity contribution is 7.90. The van der Waals surface area contributed by atoms with Gasteiger partial charge in [-0.05, 0) is 35.6 Å². The number of rotatable bonds is 8. The van der Waals surface area contributed by atoms with E-state index in [1.807, 2.05) is 18.2 Å². The summed E-state index contributed by atoms with van der Waals surface area (Å²) in [7, 11) is -1.63. The minimum absolute atomic E-state index is 0.132. The van der Waals surface area contributed by atoms with Gasteiger partial charge in [-0.15, -0.1) is 0 Å². The highest BCUT2D eigenvalue weighted by Gasteiger charge is 2.19. The summed E-state index contributed by atoms with van der Waals surface area (Å²) in [5, 5.41) is 6.93. The van der Waals surface area contributed by atoms with E-state index in [9.17, 15) is 13.2 Å². The van der Waals surface area contributed by atoms with Gasteiger partial charge in [-0.1, -0.05) is 44.2 Å². The van der Waals surface area contributed by atoms with Crippen LogP contribution in [0, 0.1) is 5.92 Å². The van der Waals surface area contributed by atoms with Crippen molar-refractivity contribution in [3.05, 3.63) is 78.2 Å². The van der Waals surface area contributed by atoms with E-state index >= 15 is 0 Å². The summed E-state index contributed by atoms with van der Waals surface area (Å²) >= 11 is 0. The quantitative estimate of drug-likeness (QED) is 0.368. The number of aromatic nitrogens is 3. The van der Waals surface area contributed by atoms with Crippen LogP contribution in [0.2, 0.25) is 0 Å². The molecule has 0 saturated heterocycles. The molecule has 2 heterocycles. The van der Waals surface area contributed by atoms with Crippen molar-refractivity contribution in [2.75, 3.05) is 25.2 Å². The Bertz CT molecular complexity index is 1500. The zero-order valence-corrected chi connectivity index (χ0v) is 21.5. The minimum atomic E-state index is -3.25. The predicted molar refractivity (Wildman–Crippen MR) is 142 cm³/mol. The normalized spacial score (nSPS) is 13.2. The molecule has 0 radical (unpaired) electrons. The van der Waals surface area contributed by atoms with Crippen LogP contribution in [0.1, 0.15) is 35.7 Å². The summed E-state index contributed by atoms with van der Waals surface area (Å²) in [4.78, 5) is 25.8. The fourth-order valence-corrected chi connectivity index (χ4v) is 4.76. The van der Waals surface area contributed by atoms with Crippen molar-refractivity contribution < 1.29 is 13.2 Å². The average Bonchev–Trinajstić information content (AvgIpc) is 2.90. The molecule has 4 rings (SSSR count). The number of carbonyl (C=O) groups is 1. The minimum Gasteiger partial charge on any atom is -0.370 e. The summed E-state index contributed by atoms with van der Waals surface area (Å²) in [6.07, 6.45) is 4.36. The Morgan fingerprint density at radius 1 is 1.00 bits per heavy atom. The van der Waals surface area contributed by atoms with Crippen LogP contribution in [-0.4, -0.2) is 49.1 Å². The van der Waals surface area contributed by atoms with Gasteiger partial charge in [-0.2, -0.15) is 0 Å². The number of nitrogens with zero attached hydrogens (tertiary/aromatic N) is 3. The third-order valence-electron chi connectivity index (χ3n) is 6.47. The number of nitrogens with one attached hydrogen (secondary N) is 2. The molecule has 0 aliphatic rings. The molecule has 0 saturated carbocycles. The third-order valence-corrected chi connectivity index (χ3v) is 7.60. The second-order valence-corrected chi connectivity index (χ2v) is 10.9. The van der Waals surface area contributed by atoms with E-state index < -0.39 is 9.84 Å². The molecular formula is C27H29N5O3S. The van der Waals surface area contributed by atoms with Gasteiger partial charge < -0.3 is 10.6 Å². The summed E-state index contributed by atoms with van der Waals surface area (Å²) in [6, 6.07) is 16.2. The van der Waals surface area contributed by atoms with E-state index in [4.69, 9.17) is 0 Å². The predicted octanol–water partition coefficient (Wildman–Crippen LogP) is 4.31. The lowest BCUT2D eigenvalue weighted by Crippen LogP contribution is -2.19. The number of sulfone groups is 1. The van der Waals surface area contributed by atoms with Gasteiger partial charge in [0.2, 0.25) is 0 Å². The van der Waals surface area contributed by atoms with Gasteiger partial charge in [0, 0.05) is 43.1 Å². The molecule has 0 bridgehead atoms. The smallest absolute Gasteiger partial charge is 0.251 e. The topological polar surface area (TPSA) is 114 Å². The highest BCUT2D eigenvalue weighted by Crippen LogP contribution is 2.31. The fraction of sp³-hybridized carbons (Fsp3) is 0.259. The Balaban J connectivity index is 1.50. The maximum absolute atomic E-state index is 12.3. The summed E-state index contributed by atoms with van der Waals surface area (Å²) < 4.78 is 23.4. The Hall–Kier alpha value is -3.85. The molecule has 2 N–H and O–H groups in total. The second kappa shape index (κ2) is 10.4. The molecule has 2 aromatic heterocycles. The number of hydrogen-bond donors (Lipinski definition) is 2. The number of amides is 1. The fourth-order valence-electron chi connectivity index (χ4n) is 4.13. The number of carbonyl (C=O) groups excluding carboxylic acids is 1. The van der Waals surface area contributed by atoms with Crippen LogP contribution < -0.4 is 10.6 Å². The summed E-state index contributed by atoms with van der Waals surface area (Å²) in [6.45, 7) is 4.98. The van der Waals surface area contributed by atoms with E-state index in [1.54, 1.807) is 43.6 Å². The van der Waals surface area contributed by atoms with Crippen LogP contribution in [0.5, 0.6) is 0 Å². The Morgan fingerprint density at radius 3 is 2.44 bits per heavy atom. The lowest BCUT2D eigenvalue weighted by Gasteiger charge is -2.22. The zero-order valence-electron chi connectivity index (χ0n) is 20.7. The summed E-state index contributed by atoms with van der Waals surface area (Å²) in [5.74, 6) is 0.948. The first kappa shape index (κ1) is 25.2. The Kier molecular flexibility index (Phi) is 7.30. The van der Waals surface area contributed by atoms with Crippen LogP contribution in [0.4, 0.5) is 5.82 Å². The van der Waals surface area contributed by atoms with Crippen LogP contribution in [0.25, 0.3) is 22.2 Å². The molecule has 1 amide bonds. The molecule has 4 aromatic rings. The lowest BCUT2D eigenvalue weighted by atomic mass is 9.87. The van der Waals surface area contributed by atoms with Crippen molar-refractivity contribution in [3.8, 4) is 11.3 Å². The maximum Gasteiger partial charge on any atom is 0.251 e. The van der Waals surface area contributed by atoms with E-state index in [0.717, 1.165) is 22.0 Å². The van der Waals surface area contributed by atoms with Gasteiger partial charge >= 0.3 is 0 Å². The zero-order chi connectivity index (χ0) is 25.9. The first-order valence-corrected chi connectivity index (χ1v) is 13.5. The van der Waals surface area contributed by atoms with Crippen LogP contribution in [-0.2, 0) is 9.84 Å². The van der Waals surface area contributed by atoms with Gasteiger partial charge in [0.15, 0.2) is 9.84 Å². The van der Waals surface area contributed by atoms with Crippen molar-refractivity contribution in [3.63, 3.8) is 0 Å². The molecule has 186 valence electrons. The molecule has 1 unspecified atom stereocenters. The molecule has 8 nitrogen and oxygen atoms in total. The van der Waals surface area contributed by atoms with Crippen molar-refractivity contribution >= 4 is 32.5 Å². The molecule has 0 spiro atoms. The number of hydrogen-bond acceptors (Lipinski definition) is 7. The molecule has 0 fully saturated rings. The highest BCUT2D eigenvalue weighted by atomic mass is 32.2. The number of fused-ring (bicyclic) bond motifs is 1. The van der Waals surface area contributed by atoms with Gasteiger partial charge in [0.05, 0.1) is 21.7 Å². The van der Waals surface area contributed by atoms with Gasteiger partial charge in [-0.3, -0.25) is 9.78 Å². The second-order valence-electron chi connectivity index (χ2n) is 8.91. The van der Waals surface area contributed by atoms with Crippen molar-refractivity contribution in [1.82, 2.24) is 20.3 Å². The first-order chi connectivity index (χ1) is 17.2. The molecule has 36 heavy (non-hydrogen) atoms. The molecule has 0 aliphatic heterocycles. The number of para-hydroxylation sites is 1. The lowest BCUT2D eigenvalue weighted by molar-refractivity contribution is 0.0964. The molecular weight excluding hydrogens is 474 g/mol. The monoisotopic (exact) mass is 503 g/mol. The third kappa shape index (κ3) is 5.36. The van der Waals surface area contributed by atoms with E-state index in [-0.39, 0.29) is 22.6 Å². The largest absolute Gasteiger partial charge is 0.370 e. The van der Waals surface area contributed by atoms with Crippen LogP contribution in [0.3, 0.4) is 0 Å². The SMILES string of the molecule is CNC(=O)c1ccnc2c(C(C)[C@H](C)CNc3cc(-c4ccc(S(C)(=O)=O)cc4)ncn3)cccc12. The Labute approximate surface area is 211 Å². The van der Waals surface area contributed by atoms with Gasteiger partial charge in [-0.25, -0.2) is 18.4 Å². The number of benzene rings is 2. The molecule has 2 atom stereocenters. The van der Waals surface area contributed by atoms with Gasteiger partial charge in [0.1, 0.15) is 12.1 Å². The molecule has 2 aromatic carbocycles. The maximum atomic E-state index is 12.3. The van der Waals surface area contributed by atoms with Crippen molar-refractivity contribution in [2.45, 2.75) is 24.7 Å². The number of anilines is 1. The summed E-state index contributed by atoms with van der Waals surface area (Å²) in [5.41, 5.74) is 4.04. The van der Waals surface area contributed by atoms with Crippen molar-refractivity contribution in [2.24, 2.45) is 5.92 Å². The van der Waals surface area contributed by atoms with E-state index in [2.05, 4.69) is 45.5 Å². The van der Waals surface area contributed by atoms with Crippen LogP contribution in [0.15, 0.2) is 72.0 Å². The Morgan fingerprint density at radius 2 is 1.75 bits per heavy atom. The molecule has 9 heteroatoms. The van der Waals surface area contributed by atoms with E-state index in [1.165, 1.54) is 12.6 Å². The first-order valence-electron chi connectivity index (χ1n) is 11.6. The molecule has 0 aliphatic carbocycles. The van der Waals surface area contributed by atoms with E-state index in [0.29, 0.717) is 23.6 Å². The average molecular weight is 504 g/mol. The van der Waals surface area contributed by atoms with Crippen molar-refractivity contribution in [1.29, 1.82) is 0 Å². The van der Waals surface area contributed by atoms with Gasteiger partial charge in [0.25, 0.3) is 5.91 Å².